The summed E-state index contributed by atoms with van der Waals surface area (Å²) in [4.78, 5) is 34.1. The Bertz CT molecular complexity index is 1650. The lowest BCUT2D eigenvalue weighted by atomic mass is 10.1. The summed E-state index contributed by atoms with van der Waals surface area (Å²) in [5.41, 5.74) is 2.55. The van der Waals surface area contributed by atoms with Crippen molar-refractivity contribution in [3.8, 4) is 16.9 Å². The summed E-state index contributed by atoms with van der Waals surface area (Å²) >= 11 is 0. The molecule has 4 aromatic heterocycles. The van der Waals surface area contributed by atoms with Gasteiger partial charge in [-0.15, -0.1) is 0 Å². The Hall–Kier alpha value is -5.13. The van der Waals surface area contributed by atoms with Gasteiger partial charge in [-0.2, -0.15) is 13.2 Å². The Labute approximate surface area is 220 Å². The average molecular weight is 531 g/mol. The number of anilines is 3. The summed E-state index contributed by atoms with van der Waals surface area (Å²) < 4.78 is 42.2. The summed E-state index contributed by atoms with van der Waals surface area (Å²) in [5, 5.41) is 5.61. The highest BCUT2D eigenvalue weighted by atomic mass is 19.4. The van der Waals surface area contributed by atoms with E-state index in [0.29, 0.717) is 22.6 Å². The number of alkyl halides is 3. The normalized spacial score (nSPS) is 11.3. The fourth-order valence-corrected chi connectivity index (χ4v) is 3.75. The van der Waals surface area contributed by atoms with Crippen molar-refractivity contribution in [3.63, 3.8) is 0 Å². The molecular formula is C27H21F3N8O. The third kappa shape index (κ3) is 5.90. The molecule has 12 heteroatoms. The molecule has 39 heavy (non-hydrogen) atoms. The SMILES string of the molecule is Cc1cn(-c2cc(NC(=O)c3cc(Nc4nccc(-c5cccnc5)n4)c(C)cn3)cc(C(F)(F)F)c2)cn1. The van der Waals surface area contributed by atoms with Crippen LogP contribution in [0.2, 0.25) is 0 Å². The molecule has 5 aromatic rings. The van der Waals surface area contributed by atoms with Gasteiger partial charge in [-0.3, -0.25) is 14.8 Å². The quantitative estimate of drug-likeness (QED) is 0.288. The van der Waals surface area contributed by atoms with E-state index in [9.17, 15) is 18.0 Å². The van der Waals surface area contributed by atoms with Gasteiger partial charge in [0.15, 0.2) is 0 Å². The first kappa shape index (κ1) is 25.5. The van der Waals surface area contributed by atoms with Crippen LogP contribution >= 0.6 is 0 Å². The maximum absolute atomic E-state index is 13.6. The molecule has 9 nitrogen and oxygen atoms in total. The molecule has 2 N–H and O–H groups in total. The Kier molecular flexibility index (Phi) is 6.75. The number of aromatic nitrogens is 6. The number of imidazole rings is 1. The first-order chi connectivity index (χ1) is 18.7. The molecule has 4 heterocycles. The van der Waals surface area contributed by atoms with Gasteiger partial charge in [0.05, 0.1) is 23.3 Å². The standard InChI is InChI=1S/C27H21F3N8O/c1-16-12-33-24(11-23(16)37-26-32-7-5-22(36-26)18-4-3-6-31-13-18)25(39)35-20-8-19(27(28,29)30)9-21(10-20)38-14-17(2)34-15-38/h3-15H,1-2H3,(H,35,39)(H,32,33,36,37). The van der Waals surface area contributed by atoms with Gasteiger partial charge < -0.3 is 15.2 Å². The summed E-state index contributed by atoms with van der Waals surface area (Å²) in [6.07, 6.45) is 4.79. The molecule has 0 bridgehead atoms. The molecule has 0 saturated carbocycles. The summed E-state index contributed by atoms with van der Waals surface area (Å²) in [5.74, 6) is -0.398. The van der Waals surface area contributed by atoms with Crippen LogP contribution in [0.25, 0.3) is 16.9 Å². The lowest BCUT2D eigenvalue weighted by Gasteiger charge is -2.14. The van der Waals surface area contributed by atoms with Gasteiger partial charge in [0, 0.05) is 53.6 Å². The number of hydrogen-bond acceptors (Lipinski definition) is 7. The highest BCUT2D eigenvalue weighted by molar-refractivity contribution is 6.03. The van der Waals surface area contributed by atoms with Crippen LogP contribution in [0.3, 0.4) is 0 Å². The maximum atomic E-state index is 13.6. The van der Waals surface area contributed by atoms with Gasteiger partial charge in [0.2, 0.25) is 5.95 Å². The van der Waals surface area contributed by atoms with Crippen molar-refractivity contribution >= 4 is 23.2 Å². The summed E-state index contributed by atoms with van der Waals surface area (Å²) in [7, 11) is 0. The van der Waals surface area contributed by atoms with E-state index in [1.165, 1.54) is 29.2 Å². The Morgan fingerprint density at radius 2 is 1.82 bits per heavy atom. The first-order valence-electron chi connectivity index (χ1n) is 11.7. The molecule has 0 atom stereocenters. The lowest BCUT2D eigenvalue weighted by molar-refractivity contribution is -0.137. The van der Waals surface area contributed by atoms with Crippen molar-refractivity contribution in [2.24, 2.45) is 0 Å². The number of nitrogens with one attached hydrogen (secondary N) is 2. The molecule has 5 rings (SSSR count). The minimum absolute atomic E-state index is 0.0102. The Morgan fingerprint density at radius 3 is 2.54 bits per heavy atom. The van der Waals surface area contributed by atoms with Crippen LogP contribution in [0.4, 0.5) is 30.5 Å². The first-order valence-corrected chi connectivity index (χ1v) is 11.7. The molecule has 0 aliphatic heterocycles. The van der Waals surface area contributed by atoms with Crippen LogP contribution in [-0.2, 0) is 6.18 Å². The van der Waals surface area contributed by atoms with Crippen molar-refractivity contribution in [1.82, 2.24) is 29.5 Å². The van der Waals surface area contributed by atoms with E-state index < -0.39 is 17.6 Å². The van der Waals surface area contributed by atoms with Crippen LogP contribution in [0.1, 0.15) is 27.3 Å². The second-order valence-electron chi connectivity index (χ2n) is 8.66. The van der Waals surface area contributed by atoms with E-state index in [2.05, 4.69) is 35.6 Å². The van der Waals surface area contributed by atoms with E-state index in [1.807, 2.05) is 6.07 Å². The number of carbonyl (C=O) groups is 1. The highest BCUT2D eigenvalue weighted by Crippen LogP contribution is 2.33. The fourth-order valence-electron chi connectivity index (χ4n) is 3.75. The van der Waals surface area contributed by atoms with Crippen molar-refractivity contribution < 1.29 is 18.0 Å². The molecule has 1 aromatic carbocycles. The molecule has 0 saturated heterocycles. The lowest BCUT2D eigenvalue weighted by Crippen LogP contribution is -2.16. The maximum Gasteiger partial charge on any atom is 0.416 e. The van der Waals surface area contributed by atoms with Gasteiger partial charge in [-0.1, -0.05) is 0 Å². The number of hydrogen-bond donors (Lipinski definition) is 2. The smallest absolute Gasteiger partial charge is 0.324 e. The predicted octanol–water partition coefficient (Wildman–Crippen LogP) is 5.75. The third-order valence-corrected chi connectivity index (χ3v) is 5.71. The van der Waals surface area contributed by atoms with Gasteiger partial charge in [-0.25, -0.2) is 15.0 Å². The number of nitrogens with zero attached hydrogens (tertiary/aromatic N) is 6. The van der Waals surface area contributed by atoms with Crippen LogP contribution < -0.4 is 10.6 Å². The topological polar surface area (TPSA) is 111 Å². The zero-order valence-corrected chi connectivity index (χ0v) is 20.7. The number of rotatable bonds is 6. The van der Waals surface area contributed by atoms with Crippen molar-refractivity contribution in [1.29, 1.82) is 0 Å². The highest BCUT2D eigenvalue weighted by Gasteiger charge is 2.31. The third-order valence-electron chi connectivity index (χ3n) is 5.71. The van der Waals surface area contributed by atoms with E-state index >= 15 is 0 Å². The van der Waals surface area contributed by atoms with Crippen LogP contribution in [-0.4, -0.2) is 35.4 Å². The average Bonchev–Trinajstić information content (AvgIpc) is 3.36. The zero-order chi connectivity index (χ0) is 27.6. The minimum atomic E-state index is -4.62. The van der Waals surface area contributed by atoms with Gasteiger partial charge in [0.25, 0.3) is 5.91 Å². The Morgan fingerprint density at radius 1 is 0.974 bits per heavy atom. The number of halogens is 3. The van der Waals surface area contributed by atoms with Crippen LogP contribution in [0.15, 0.2) is 79.8 Å². The van der Waals surface area contributed by atoms with Crippen molar-refractivity contribution in [2.45, 2.75) is 20.0 Å². The van der Waals surface area contributed by atoms with Crippen LogP contribution in [0.5, 0.6) is 0 Å². The molecule has 0 aliphatic carbocycles. The molecule has 1 amide bonds. The van der Waals surface area contributed by atoms with E-state index in [1.54, 1.807) is 50.8 Å². The monoisotopic (exact) mass is 530 g/mol. The molecule has 0 radical (unpaired) electrons. The predicted molar refractivity (Wildman–Crippen MR) is 139 cm³/mol. The van der Waals surface area contributed by atoms with Gasteiger partial charge in [-0.05, 0) is 61.9 Å². The number of benzene rings is 1. The number of pyridine rings is 2. The second kappa shape index (κ2) is 10.3. The van der Waals surface area contributed by atoms with E-state index in [0.717, 1.165) is 17.7 Å². The van der Waals surface area contributed by atoms with Gasteiger partial charge in [0.1, 0.15) is 5.69 Å². The number of amides is 1. The Balaban J connectivity index is 1.41. The molecule has 0 spiro atoms. The summed E-state index contributed by atoms with van der Waals surface area (Å²) in [6.45, 7) is 3.51. The number of aryl methyl sites for hydroxylation is 2. The van der Waals surface area contributed by atoms with E-state index in [4.69, 9.17) is 0 Å². The molecule has 196 valence electrons. The van der Waals surface area contributed by atoms with Crippen molar-refractivity contribution in [3.05, 3.63) is 102 Å². The minimum Gasteiger partial charge on any atom is -0.324 e. The van der Waals surface area contributed by atoms with Crippen molar-refractivity contribution in [2.75, 3.05) is 10.6 Å². The van der Waals surface area contributed by atoms with Gasteiger partial charge >= 0.3 is 6.18 Å². The van der Waals surface area contributed by atoms with E-state index in [-0.39, 0.29) is 23.0 Å². The molecule has 0 unspecified atom stereocenters. The molecular weight excluding hydrogens is 509 g/mol. The molecule has 0 fully saturated rings. The number of carbonyl (C=O) groups excluding carboxylic acids is 1. The second-order valence-corrected chi connectivity index (χ2v) is 8.66. The zero-order valence-electron chi connectivity index (χ0n) is 20.7. The van der Waals surface area contributed by atoms with Crippen LogP contribution in [0, 0.1) is 13.8 Å². The summed E-state index contributed by atoms with van der Waals surface area (Å²) in [6, 6.07) is 10.2. The molecule has 0 aliphatic rings. The fraction of sp³-hybridized carbons (Fsp3) is 0.111. The largest absolute Gasteiger partial charge is 0.416 e.